The molecule has 0 aromatic heterocycles. The van der Waals surface area contributed by atoms with Gasteiger partial charge in [0.15, 0.2) is 11.5 Å². The Labute approximate surface area is 162 Å². The molecule has 3 nitrogen and oxygen atoms in total. The standard InChI is InChI=1S/C24H29NO2/c1-25-15-14-24-13-7-6-10-19(24)20(25)16-17-11-12-21(26-2)23(22(17)24)27-18-8-4-3-5-9-18/h3-5,8-9,11-12,19-20H,6-7,10,13-16H2,1-2H3/t19-,20-,24+/m0/s1. The third-order valence-corrected chi connectivity index (χ3v) is 7.36. The second-order valence-electron chi connectivity index (χ2n) is 8.56. The van der Waals surface area contributed by atoms with Gasteiger partial charge in [0.1, 0.15) is 5.75 Å². The van der Waals surface area contributed by atoms with Crippen molar-refractivity contribution in [2.45, 2.75) is 50.0 Å². The first-order chi connectivity index (χ1) is 13.2. The van der Waals surface area contributed by atoms with Gasteiger partial charge in [0.25, 0.3) is 0 Å². The summed E-state index contributed by atoms with van der Waals surface area (Å²) in [6, 6.07) is 15.2. The van der Waals surface area contributed by atoms with E-state index >= 15 is 0 Å². The van der Waals surface area contributed by atoms with Gasteiger partial charge in [0.05, 0.1) is 7.11 Å². The van der Waals surface area contributed by atoms with Crippen molar-refractivity contribution in [3.63, 3.8) is 0 Å². The molecule has 3 heteroatoms. The van der Waals surface area contributed by atoms with Crippen molar-refractivity contribution in [2.75, 3.05) is 20.7 Å². The molecule has 0 N–H and O–H groups in total. The van der Waals surface area contributed by atoms with Crippen LogP contribution in [0.1, 0.15) is 43.2 Å². The number of methoxy groups -OCH3 is 1. The number of ether oxygens (including phenoxy) is 2. The summed E-state index contributed by atoms with van der Waals surface area (Å²) >= 11 is 0. The first kappa shape index (κ1) is 17.1. The summed E-state index contributed by atoms with van der Waals surface area (Å²) in [7, 11) is 4.08. The van der Waals surface area contributed by atoms with Crippen molar-refractivity contribution in [3.05, 3.63) is 53.6 Å². The molecule has 0 spiro atoms. The van der Waals surface area contributed by atoms with E-state index in [9.17, 15) is 0 Å². The Morgan fingerprint density at radius 3 is 2.70 bits per heavy atom. The molecule has 2 aliphatic carbocycles. The highest BCUT2D eigenvalue weighted by atomic mass is 16.5. The molecule has 2 fully saturated rings. The van der Waals surface area contributed by atoms with Gasteiger partial charge in [-0.1, -0.05) is 37.1 Å². The fraction of sp³-hybridized carbons (Fsp3) is 0.500. The van der Waals surface area contributed by atoms with E-state index in [-0.39, 0.29) is 5.41 Å². The molecule has 1 saturated heterocycles. The van der Waals surface area contributed by atoms with E-state index in [1.54, 1.807) is 7.11 Å². The van der Waals surface area contributed by atoms with E-state index in [0.29, 0.717) is 6.04 Å². The van der Waals surface area contributed by atoms with Crippen LogP contribution in [0, 0.1) is 5.92 Å². The third-order valence-electron chi connectivity index (χ3n) is 7.36. The molecule has 0 amide bonds. The van der Waals surface area contributed by atoms with Gasteiger partial charge < -0.3 is 14.4 Å². The topological polar surface area (TPSA) is 21.7 Å². The van der Waals surface area contributed by atoms with E-state index in [1.807, 2.05) is 30.3 Å². The Hall–Kier alpha value is -2.00. The molecule has 0 radical (unpaired) electrons. The quantitative estimate of drug-likeness (QED) is 0.750. The highest BCUT2D eigenvalue weighted by Gasteiger charge is 2.54. The van der Waals surface area contributed by atoms with Crippen molar-refractivity contribution >= 4 is 0 Å². The number of hydrogen-bond acceptors (Lipinski definition) is 3. The second-order valence-corrected chi connectivity index (χ2v) is 8.56. The highest BCUT2D eigenvalue weighted by molar-refractivity contribution is 5.58. The third kappa shape index (κ3) is 2.59. The van der Waals surface area contributed by atoms with Gasteiger partial charge in [-0.3, -0.25) is 0 Å². The Morgan fingerprint density at radius 1 is 1.04 bits per heavy atom. The van der Waals surface area contributed by atoms with Crippen molar-refractivity contribution in [1.29, 1.82) is 0 Å². The number of hydrogen-bond donors (Lipinski definition) is 0. The average molecular weight is 364 g/mol. The Morgan fingerprint density at radius 2 is 1.89 bits per heavy atom. The van der Waals surface area contributed by atoms with E-state index in [2.05, 4.69) is 24.1 Å². The van der Waals surface area contributed by atoms with E-state index in [1.165, 1.54) is 49.8 Å². The van der Waals surface area contributed by atoms with Gasteiger partial charge in [0.2, 0.25) is 0 Å². The number of likely N-dealkylation sites (tertiary alicyclic amines) is 1. The number of para-hydroxylation sites is 1. The molecule has 2 bridgehead atoms. The minimum absolute atomic E-state index is 0.252. The van der Waals surface area contributed by atoms with Crippen molar-refractivity contribution < 1.29 is 9.47 Å². The van der Waals surface area contributed by atoms with E-state index < -0.39 is 0 Å². The Balaban J connectivity index is 1.70. The van der Waals surface area contributed by atoms with Gasteiger partial charge >= 0.3 is 0 Å². The molecule has 3 atom stereocenters. The number of rotatable bonds is 3. The van der Waals surface area contributed by atoms with Gasteiger partial charge in [0, 0.05) is 17.0 Å². The molecule has 0 unspecified atom stereocenters. The van der Waals surface area contributed by atoms with E-state index in [0.717, 1.165) is 29.6 Å². The summed E-state index contributed by atoms with van der Waals surface area (Å²) in [5.74, 6) is 3.47. The smallest absolute Gasteiger partial charge is 0.173 e. The predicted octanol–water partition coefficient (Wildman–Crippen LogP) is 5.18. The summed E-state index contributed by atoms with van der Waals surface area (Å²) in [6.07, 6.45) is 7.69. The van der Waals surface area contributed by atoms with Crippen LogP contribution in [0.3, 0.4) is 0 Å². The Kier molecular flexibility index (Phi) is 4.16. The zero-order valence-corrected chi connectivity index (χ0v) is 16.4. The molecule has 3 aliphatic rings. The highest BCUT2D eigenvalue weighted by Crippen LogP contribution is 2.59. The summed E-state index contributed by atoms with van der Waals surface area (Å²) in [6.45, 7) is 1.18. The summed E-state index contributed by atoms with van der Waals surface area (Å²) < 4.78 is 12.3. The summed E-state index contributed by atoms with van der Waals surface area (Å²) in [5.41, 5.74) is 3.18. The Bertz CT molecular complexity index is 834. The van der Waals surface area contributed by atoms with Crippen LogP contribution in [0.25, 0.3) is 0 Å². The maximum Gasteiger partial charge on any atom is 0.173 e. The largest absolute Gasteiger partial charge is 0.493 e. The maximum absolute atomic E-state index is 6.52. The maximum atomic E-state index is 6.52. The van der Waals surface area contributed by atoms with Crippen LogP contribution in [0.2, 0.25) is 0 Å². The van der Waals surface area contributed by atoms with Crippen LogP contribution in [0.5, 0.6) is 17.2 Å². The number of nitrogens with zero attached hydrogens (tertiary/aromatic N) is 1. The predicted molar refractivity (Wildman–Crippen MR) is 108 cm³/mol. The lowest BCUT2D eigenvalue weighted by Gasteiger charge is -2.58. The molecule has 142 valence electrons. The monoisotopic (exact) mass is 363 g/mol. The van der Waals surface area contributed by atoms with Crippen molar-refractivity contribution in [1.82, 2.24) is 4.90 Å². The first-order valence-corrected chi connectivity index (χ1v) is 10.4. The van der Waals surface area contributed by atoms with Crippen LogP contribution in [-0.2, 0) is 11.8 Å². The lowest BCUT2D eigenvalue weighted by Crippen LogP contribution is -2.59. The molecule has 1 saturated carbocycles. The number of benzene rings is 2. The van der Waals surface area contributed by atoms with Gasteiger partial charge in [-0.05, 0) is 69.0 Å². The second kappa shape index (κ2) is 6.56. The van der Waals surface area contributed by atoms with Crippen molar-refractivity contribution in [2.24, 2.45) is 5.92 Å². The lowest BCUT2D eigenvalue weighted by atomic mass is 9.52. The normalized spacial score (nSPS) is 29.6. The molecular weight excluding hydrogens is 334 g/mol. The SMILES string of the molecule is COc1ccc2c(c1Oc1ccccc1)[C@@]13CCCC[C@H]1[C@H](C2)N(C)CC3. The van der Waals surface area contributed by atoms with Crippen LogP contribution in [0.4, 0.5) is 0 Å². The van der Waals surface area contributed by atoms with Crippen LogP contribution in [-0.4, -0.2) is 31.6 Å². The minimum Gasteiger partial charge on any atom is -0.493 e. The molecule has 1 heterocycles. The van der Waals surface area contributed by atoms with Gasteiger partial charge in [-0.15, -0.1) is 0 Å². The summed E-state index contributed by atoms with van der Waals surface area (Å²) in [4.78, 5) is 2.61. The van der Waals surface area contributed by atoms with Crippen LogP contribution < -0.4 is 9.47 Å². The van der Waals surface area contributed by atoms with E-state index in [4.69, 9.17) is 9.47 Å². The fourth-order valence-electron chi connectivity index (χ4n) is 6.13. The lowest BCUT2D eigenvalue weighted by molar-refractivity contribution is 0.00155. The van der Waals surface area contributed by atoms with Crippen molar-refractivity contribution in [3.8, 4) is 17.2 Å². The molecule has 5 rings (SSSR count). The minimum atomic E-state index is 0.252. The summed E-state index contributed by atoms with van der Waals surface area (Å²) in [5, 5.41) is 0. The first-order valence-electron chi connectivity index (χ1n) is 10.4. The zero-order valence-electron chi connectivity index (χ0n) is 16.4. The molecular formula is C24H29NO2. The van der Waals surface area contributed by atoms with Crippen LogP contribution in [0.15, 0.2) is 42.5 Å². The molecule has 1 aliphatic heterocycles. The molecule has 2 aromatic carbocycles. The van der Waals surface area contributed by atoms with Crippen LogP contribution >= 0.6 is 0 Å². The average Bonchev–Trinajstić information content (AvgIpc) is 2.71. The molecule has 27 heavy (non-hydrogen) atoms. The fourth-order valence-corrected chi connectivity index (χ4v) is 6.13. The zero-order chi connectivity index (χ0) is 18.4. The number of piperidine rings is 1. The number of likely N-dealkylation sites (N-methyl/N-ethyl adjacent to an activating group) is 1. The van der Waals surface area contributed by atoms with Gasteiger partial charge in [-0.25, -0.2) is 0 Å². The van der Waals surface area contributed by atoms with Gasteiger partial charge in [-0.2, -0.15) is 0 Å². The molecule has 2 aromatic rings. The number of fused-ring (bicyclic) bond motifs is 1.